The van der Waals surface area contributed by atoms with Gasteiger partial charge in [0.1, 0.15) is 0 Å². The van der Waals surface area contributed by atoms with Crippen molar-refractivity contribution in [2.24, 2.45) is 0 Å². The molecule has 1 aromatic heterocycles. The zero-order chi connectivity index (χ0) is 24.6. The number of carbonyl (C=O) groups is 2. The summed E-state index contributed by atoms with van der Waals surface area (Å²) >= 11 is 12.3. The van der Waals surface area contributed by atoms with E-state index in [2.05, 4.69) is 9.72 Å². The summed E-state index contributed by atoms with van der Waals surface area (Å²) in [6, 6.07) is 6.90. The van der Waals surface area contributed by atoms with Crippen molar-refractivity contribution < 1.29 is 32.4 Å². The molecule has 0 saturated heterocycles. The van der Waals surface area contributed by atoms with Crippen molar-refractivity contribution in [3.8, 4) is 0 Å². The van der Waals surface area contributed by atoms with Crippen molar-refractivity contribution in [3.05, 3.63) is 62.1 Å². The van der Waals surface area contributed by atoms with Gasteiger partial charge >= 0.3 is 17.8 Å². The highest BCUT2D eigenvalue weighted by atomic mass is 35.5. The molecule has 0 bridgehead atoms. The number of non-ortho nitro benzene ring substituents is 1. The fourth-order valence-corrected chi connectivity index (χ4v) is 4.14. The van der Waals surface area contributed by atoms with E-state index in [4.69, 9.17) is 23.2 Å². The number of halogens is 5. The number of amides is 1. The highest BCUT2D eigenvalue weighted by molar-refractivity contribution is 7.22. The third-order valence-electron chi connectivity index (χ3n) is 4.27. The van der Waals surface area contributed by atoms with Crippen LogP contribution in [0.25, 0.3) is 10.2 Å². The molecule has 2 N–H and O–H groups in total. The summed E-state index contributed by atoms with van der Waals surface area (Å²) in [5, 5.41) is 13.8. The second kappa shape index (κ2) is 9.00. The Bertz CT molecular complexity index is 1270. The lowest BCUT2D eigenvalue weighted by Crippen LogP contribution is -2.69. The van der Waals surface area contributed by atoms with E-state index in [1.54, 1.807) is 5.32 Å². The van der Waals surface area contributed by atoms with Gasteiger partial charge in [-0.3, -0.25) is 14.9 Å². The summed E-state index contributed by atoms with van der Waals surface area (Å²) in [5.74, 6) is -3.25. The molecule has 15 heteroatoms. The first-order valence-electron chi connectivity index (χ1n) is 8.64. The second-order valence-corrected chi connectivity index (χ2v) is 8.25. The molecular weight excluding hydrogens is 512 g/mol. The number of hydrogen-bond acceptors (Lipinski definition) is 8. The van der Waals surface area contributed by atoms with Crippen LogP contribution in [0.1, 0.15) is 10.4 Å². The predicted molar refractivity (Wildman–Crippen MR) is 115 cm³/mol. The van der Waals surface area contributed by atoms with E-state index in [0.717, 1.165) is 24.3 Å². The number of benzene rings is 2. The Hall–Kier alpha value is -3.16. The molecule has 3 aromatic rings. The van der Waals surface area contributed by atoms with Crippen LogP contribution in [0.2, 0.25) is 10.0 Å². The highest BCUT2D eigenvalue weighted by Gasteiger charge is 2.64. The second-order valence-electron chi connectivity index (χ2n) is 6.37. The fraction of sp³-hybridized carbons (Fsp3) is 0.167. The minimum atomic E-state index is -5.42. The molecular formula is C18H11Cl2F3N4O5S. The maximum atomic E-state index is 14.2. The van der Waals surface area contributed by atoms with Gasteiger partial charge in [-0.25, -0.2) is 9.78 Å². The number of ether oxygens (including phenoxy) is 1. The number of nitro benzene ring substituents is 1. The number of nitrogens with zero attached hydrogens (tertiary/aromatic N) is 2. The SMILES string of the molecule is COC(=O)C(NC(=O)c1ccc(Cl)cc1Cl)(Nc1nc2ccc([N+](=O)[O-])cc2s1)C(F)(F)F. The molecule has 0 aliphatic carbocycles. The van der Waals surface area contributed by atoms with Crippen LogP contribution in [-0.2, 0) is 9.53 Å². The van der Waals surface area contributed by atoms with Gasteiger partial charge in [0.2, 0.25) is 0 Å². The van der Waals surface area contributed by atoms with E-state index >= 15 is 0 Å². The van der Waals surface area contributed by atoms with Gasteiger partial charge in [-0.2, -0.15) is 13.2 Å². The number of carbonyl (C=O) groups excluding carboxylic acids is 2. The van der Waals surface area contributed by atoms with Crippen molar-refractivity contribution in [3.63, 3.8) is 0 Å². The Labute approximate surface area is 196 Å². The molecule has 0 fully saturated rings. The largest absolute Gasteiger partial charge is 0.466 e. The normalized spacial score (nSPS) is 13.3. The van der Waals surface area contributed by atoms with E-state index in [1.165, 1.54) is 12.1 Å². The van der Waals surface area contributed by atoms with Crippen LogP contribution >= 0.6 is 34.5 Å². The average molecular weight is 523 g/mol. The minimum absolute atomic E-state index is 0.126. The molecule has 0 aliphatic heterocycles. The molecule has 1 unspecified atom stereocenters. The first-order valence-corrected chi connectivity index (χ1v) is 10.2. The number of fused-ring (bicyclic) bond motifs is 1. The smallest absolute Gasteiger partial charge is 0.442 e. The topological polar surface area (TPSA) is 123 Å². The molecule has 33 heavy (non-hydrogen) atoms. The van der Waals surface area contributed by atoms with Gasteiger partial charge in [0.05, 0.1) is 32.8 Å². The number of aromatic nitrogens is 1. The van der Waals surface area contributed by atoms with Gasteiger partial charge in [-0.1, -0.05) is 34.5 Å². The molecule has 1 amide bonds. The molecule has 0 spiro atoms. The number of hydrogen-bond donors (Lipinski definition) is 2. The minimum Gasteiger partial charge on any atom is -0.466 e. The van der Waals surface area contributed by atoms with Crippen molar-refractivity contribution >= 4 is 67.5 Å². The average Bonchev–Trinajstić information content (AvgIpc) is 3.12. The lowest BCUT2D eigenvalue weighted by atomic mass is 10.1. The van der Waals surface area contributed by atoms with Gasteiger partial charge in [0.15, 0.2) is 5.13 Å². The van der Waals surface area contributed by atoms with Gasteiger partial charge in [0, 0.05) is 17.2 Å². The van der Waals surface area contributed by atoms with E-state index in [9.17, 15) is 32.9 Å². The summed E-state index contributed by atoms with van der Waals surface area (Å²) < 4.78 is 47.1. The first kappa shape index (κ1) is 24.5. The van der Waals surface area contributed by atoms with Crippen LogP contribution < -0.4 is 10.6 Å². The van der Waals surface area contributed by atoms with E-state index in [0.29, 0.717) is 18.4 Å². The van der Waals surface area contributed by atoms with Gasteiger partial charge in [-0.15, -0.1) is 0 Å². The Morgan fingerprint density at radius 2 is 1.88 bits per heavy atom. The third kappa shape index (κ3) is 4.79. The quantitative estimate of drug-likeness (QED) is 0.206. The van der Waals surface area contributed by atoms with Crippen LogP contribution in [0.4, 0.5) is 24.0 Å². The zero-order valence-corrected chi connectivity index (χ0v) is 18.5. The number of nitro groups is 1. The number of alkyl halides is 3. The third-order valence-corrected chi connectivity index (χ3v) is 5.75. The Morgan fingerprint density at radius 3 is 2.45 bits per heavy atom. The maximum absolute atomic E-state index is 14.2. The van der Waals surface area contributed by atoms with E-state index < -0.39 is 33.8 Å². The van der Waals surface area contributed by atoms with Crippen LogP contribution in [0, 0.1) is 10.1 Å². The molecule has 1 atom stereocenters. The monoisotopic (exact) mass is 522 g/mol. The number of thiazole rings is 1. The van der Waals surface area contributed by atoms with Gasteiger partial charge < -0.3 is 15.4 Å². The summed E-state index contributed by atoms with van der Waals surface area (Å²) in [6.45, 7) is 0. The number of methoxy groups -OCH3 is 1. The van der Waals surface area contributed by atoms with Gasteiger partial charge in [-0.05, 0) is 24.3 Å². The summed E-state index contributed by atoms with van der Waals surface area (Å²) in [7, 11) is 0.702. The molecule has 2 aromatic carbocycles. The molecule has 0 saturated carbocycles. The number of rotatable bonds is 6. The van der Waals surface area contributed by atoms with Crippen LogP contribution in [0.15, 0.2) is 36.4 Å². The number of esters is 1. The number of nitrogens with one attached hydrogen (secondary N) is 2. The number of anilines is 1. The summed E-state index contributed by atoms with van der Waals surface area (Å²) in [4.78, 5) is 39.2. The lowest BCUT2D eigenvalue weighted by molar-refractivity contribution is -0.384. The maximum Gasteiger partial charge on any atom is 0.442 e. The van der Waals surface area contributed by atoms with Crippen molar-refractivity contribution in [1.29, 1.82) is 0 Å². The lowest BCUT2D eigenvalue weighted by Gasteiger charge is -2.34. The van der Waals surface area contributed by atoms with Crippen LogP contribution in [0.5, 0.6) is 0 Å². The summed E-state index contributed by atoms with van der Waals surface area (Å²) in [5.41, 5.74) is -4.33. The molecule has 0 aliphatic rings. The van der Waals surface area contributed by atoms with Crippen molar-refractivity contribution in [2.75, 3.05) is 12.4 Å². The van der Waals surface area contributed by atoms with E-state index in [1.807, 2.05) is 5.32 Å². The fourth-order valence-electron chi connectivity index (χ4n) is 2.70. The Morgan fingerprint density at radius 1 is 1.18 bits per heavy atom. The van der Waals surface area contributed by atoms with Crippen LogP contribution in [-0.4, -0.2) is 40.7 Å². The van der Waals surface area contributed by atoms with Gasteiger partial charge in [0.25, 0.3) is 11.6 Å². The van der Waals surface area contributed by atoms with E-state index in [-0.39, 0.29) is 31.5 Å². The standard InChI is InChI=1S/C18H11Cl2F3N4O5S/c1-32-15(29)17(18(21,22)23,25-14(28)10-4-2-8(19)6-11(10)20)26-16-24-12-5-3-9(27(30)31)7-13(12)33-16/h2-7H,1H3,(H,24,26)(H,25,28). The highest BCUT2D eigenvalue weighted by Crippen LogP contribution is 2.37. The molecule has 3 rings (SSSR count). The molecule has 9 nitrogen and oxygen atoms in total. The zero-order valence-electron chi connectivity index (χ0n) is 16.2. The molecule has 1 heterocycles. The molecule has 174 valence electrons. The van der Waals surface area contributed by atoms with Crippen molar-refractivity contribution in [1.82, 2.24) is 10.3 Å². The predicted octanol–water partition coefficient (Wildman–Crippen LogP) is 4.78. The summed E-state index contributed by atoms with van der Waals surface area (Å²) in [6.07, 6.45) is -5.42. The van der Waals surface area contributed by atoms with Crippen LogP contribution in [0.3, 0.4) is 0 Å². The first-order chi connectivity index (χ1) is 15.4. The Balaban J connectivity index is 2.07. The molecule has 0 radical (unpaired) electrons. The Kier molecular flexibility index (Phi) is 6.68. The van der Waals surface area contributed by atoms with Crippen molar-refractivity contribution in [2.45, 2.75) is 11.8 Å².